The van der Waals surface area contributed by atoms with E-state index < -0.39 is 0 Å². The molecule has 2 rings (SSSR count). The highest BCUT2D eigenvalue weighted by Gasteiger charge is 2.13. The summed E-state index contributed by atoms with van der Waals surface area (Å²) < 4.78 is 5.93. The number of thioether (sulfide) groups is 1. The Kier molecular flexibility index (Phi) is 7.94. The largest absolute Gasteiger partial charge is 0.383 e. The summed E-state index contributed by atoms with van der Waals surface area (Å²) in [5, 5.41) is 8.91. The van der Waals surface area contributed by atoms with E-state index in [1.54, 1.807) is 12.0 Å². The van der Waals surface area contributed by atoms with Crippen LogP contribution in [0.15, 0.2) is 40.7 Å². The number of rotatable bonds is 9. The van der Waals surface area contributed by atoms with Crippen molar-refractivity contribution in [2.75, 3.05) is 32.6 Å². The second-order valence-electron chi connectivity index (χ2n) is 5.02. The van der Waals surface area contributed by atoms with Crippen molar-refractivity contribution in [3.8, 4) is 0 Å². The predicted molar refractivity (Wildman–Crippen MR) is 99.3 cm³/mol. The van der Waals surface area contributed by atoms with Crippen LogP contribution in [-0.2, 0) is 9.53 Å². The number of aryl methyl sites for hydroxylation is 1. The minimum atomic E-state index is 0.0719. The molecule has 0 unspecified atom stereocenters. The van der Waals surface area contributed by atoms with Crippen LogP contribution >= 0.6 is 23.1 Å². The molecule has 1 aromatic carbocycles. The highest BCUT2D eigenvalue weighted by molar-refractivity contribution is 8.01. The van der Waals surface area contributed by atoms with E-state index in [-0.39, 0.29) is 5.91 Å². The molecule has 0 spiro atoms. The summed E-state index contributed by atoms with van der Waals surface area (Å²) in [5.41, 5.74) is 1.12. The zero-order chi connectivity index (χ0) is 17.2. The van der Waals surface area contributed by atoms with E-state index >= 15 is 0 Å². The first-order valence-electron chi connectivity index (χ1n) is 7.60. The van der Waals surface area contributed by atoms with Crippen molar-refractivity contribution in [2.24, 2.45) is 0 Å². The van der Waals surface area contributed by atoms with Crippen LogP contribution in [0.1, 0.15) is 10.6 Å². The quantitative estimate of drug-likeness (QED) is 0.641. The van der Waals surface area contributed by atoms with Crippen molar-refractivity contribution >= 4 is 35.1 Å². The van der Waals surface area contributed by atoms with Crippen molar-refractivity contribution < 1.29 is 9.53 Å². The molecule has 0 aliphatic heterocycles. The van der Waals surface area contributed by atoms with Gasteiger partial charge in [0.05, 0.1) is 12.4 Å². The Hall–Kier alpha value is -1.70. The number of hydrogen-bond donors (Lipinski definition) is 0. The number of nitrogens with zero attached hydrogens (tertiary/aromatic N) is 3. The number of hydrogen-bond acceptors (Lipinski definition) is 6. The van der Waals surface area contributed by atoms with Crippen molar-refractivity contribution in [1.82, 2.24) is 15.1 Å². The molecule has 0 aliphatic carbocycles. The number of carbonyl (C=O) groups excluding carboxylic acids is 1. The topological polar surface area (TPSA) is 55.3 Å². The molecule has 0 N–H and O–H groups in total. The normalized spacial score (nSPS) is 11.1. The second kappa shape index (κ2) is 10.2. The molecule has 1 heterocycles. The van der Waals surface area contributed by atoms with Crippen molar-refractivity contribution in [2.45, 2.75) is 11.3 Å². The van der Waals surface area contributed by atoms with E-state index in [9.17, 15) is 4.79 Å². The Bertz CT molecular complexity index is 659. The molecule has 0 radical (unpaired) electrons. The fourth-order valence-corrected chi connectivity index (χ4v) is 3.67. The number of methoxy groups -OCH3 is 1. The first-order valence-corrected chi connectivity index (χ1v) is 9.40. The van der Waals surface area contributed by atoms with Gasteiger partial charge < -0.3 is 9.64 Å². The average Bonchev–Trinajstić information content (AvgIpc) is 3.02. The average molecular weight is 364 g/mol. The SMILES string of the molecule is COCCN(CC=Cc1ccccc1)C(=O)CSc1nnc(C)s1. The third-order valence-electron chi connectivity index (χ3n) is 3.18. The van der Waals surface area contributed by atoms with Gasteiger partial charge in [0.15, 0.2) is 4.34 Å². The van der Waals surface area contributed by atoms with Gasteiger partial charge in [0.2, 0.25) is 5.91 Å². The van der Waals surface area contributed by atoms with Crippen molar-refractivity contribution in [3.05, 3.63) is 47.0 Å². The van der Waals surface area contributed by atoms with E-state index in [1.165, 1.54) is 23.1 Å². The van der Waals surface area contributed by atoms with Gasteiger partial charge in [-0.25, -0.2) is 0 Å². The fraction of sp³-hybridized carbons (Fsp3) is 0.353. The first-order chi connectivity index (χ1) is 11.7. The maximum Gasteiger partial charge on any atom is 0.233 e. The monoisotopic (exact) mass is 363 g/mol. The Morgan fingerprint density at radius 3 is 2.79 bits per heavy atom. The summed E-state index contributed by atoms with van der Waals surface area (Å²) >= 11 is 2.94. The molecule has 128 valence electrons. The molecule has 0 aliphatic rings. The van der Waals surface area contributed by atoms with Crippen LogP contribution in [0.3, 0.4) is 0 Å². The van der Waals surface area contributed by atoms with E-state index in [0.29, 0.717) is 25.4 Å². The van der Waals surface area contributed by atoms with Gasteiger partial charge in [0.25, 0.3) is 0 Å². The maximum absolute atomic E-state index is 12.4. The molecule has 1 amide bonds. The molecular formula is C17H21N3O2S2. The summed E-state index contributed by atoms with van der Waals surface area (Å²) in [7, 11) is 1.64. The third-order valence-corrected chi connectivity index (χ3v) is 5.14. The van der Waals surface area contributed by atoms with E-state index in [4.69, 9.17) is 4.74 Å². The number of carbonyl (C=O) groups is 1. The summed E-state index contributed by atoms with van der Waals surface area (Å²) in [4.78, 5) is 14.2. The van der Waals surface area contributed by atoms with Gasteiger partial charge in [-0.05, 0) is 12.5 Å². The van der Waals surface area contributed by atoms with Crippen LogP contribution in [0.25, 0.3) is 6.08 Å². The molecule has 2 aromatic rings. The highest BCUT2D eigenvalue weighted by atomic mass is 32.2. The number of ether oxygens (including phenoxy) is 1. The van der Waals surface area contributed by atoms with Gasteiger partial charge >= 0.3 is 0 Å². The smallest absolute Gasteiger partial charge is 0.233 e. The summed E-state index contributed by atoms with van der Waals surface area (Å²) in [5.74, 6) is 0.431. The molecule has 5 nitrogen and oxygen atoms in total. The predicted octanol–water partition coefficient (Wildman–Crippen LogP) is 3.13. The Balaban J connectivity index is 1.88. The van der Waals surface area contributed by atoms with Gasteiger partial charge in [-0.3, -0.25) is 4.79 Å². The molecule has 0 saturated heterocycles. The van der Waals surface area contributed by atoms with Crippen LogP contribution in [0.4, 0.5) is 0 Å². The van der Waals surface area contributed by atoms with Crippen LogP contribution in [0.5, 0.6) is 0 Å². The van der Waals surface area contributed by atoms with Crippen LogP contribution in [0.2, 0.25) is 0 Å². The van der Waals surface area contributed by atoms with Gasteiger partial charge in [0, 0.05) is 20.2 Å². The van der Waals surface area contributed by atoms with E-state index in [0.717, 1.165) is 14.9 Å². The van der Waals surface area contributed by atoms with Gasteiger partial charge in [0.1, 0.15) is 5.01 Å². The van der Waals surface area contributed by atoms with Gasteiger partial charge in [-0.1, -0.05) is 65.6 Å². The third kappa shape index (κ3) is 6.43. The summed E-state index contributed by atoms with van der Waals surface area (Å²) in [6, 6.07) is 10.0. The molecule has 0 saturated carbocycles. The van der Waals surface area contributed by atoms with E-state index in [1.807, 2.05) is 49.4 Å². The van der Waals surface area contributed by atoms with Gasteiger partial charge in [-0.15, -0.1) is 10.2 Å². The molecule has 0 fully saturated rings. The maximum atomic E-state index is 12.4. The Morgan fingerprint density at radius 1 is 1.33 bits per heavy atom. The number of aromatic nitrogens is 2. The molecule has 1 aromatic heterocycles. The summed E-state index contributed by atoms with van der Waals surface area (Å²) in [6.07, 6.45) is 4.02. The highest BCUT2D eigenvalue weighted by Crippen LogP contribution is 2.22. The molecule has 0 atom stereocenters. The molecular weight excluding hydrogens is 342 g/mol. The van der Waals surface area contributed by atoms with Crippen molar-refractivity contribution in [1.29, 1.82) is 0 Å². The molecule has 7 heteroatoms. The second-order valence-corrected chi connectivity index (χ2v) is 7.43. The Morgan fingerprint density at radius 2 is 2.12 bits per heavy atom. The summed E-state index contributed by atoms with van der Waals surface area (Å²) in [6.45, 7) is 3.56. The number of benzene rings is 1. The van der Waals surface area contributed by atoms with Crippen molar-refractivity contribution in [3.63, 3.8) is 0 Å². The standard InChI is InChI=1S/C17H21N3O2S2/c1-14-18-19-17(24-14)23-13-16(21)20(11-12-22-2)10-6-9-15-7-4-3-5-8-15/h3-9H,10-13H2,1-2H3. The molecule has 0 bridgehead atoms. The fourth-order valence-electron chi connectivity index (χ4n) is 1.95. The van der Waals surface area contributed by atoms with Gasteiger partial charge in [-0.2, -0.15) is 0 Å². The Labute approximate surface area is 150 Å². The molecule has 24 heavy (non-hydrogen) atoms. The lowest BCUT2D eigenvalue weighted by molar-refractivity contribution is -0.128. The van der Waals surface area contributed by atoms with E-state index in [2.05, 4.69) is 10.2 Å². The zero-order valence-corrected chi connectivity index (χ0v) is 15.5. The lowest BCUT2D eigenvalue weighted by atomic mass is 10.2. The number of amides is 1. The minimum Gasteiger partial charge on any atom is -0.383 e. The van der Waals surface area contributed by atoms with Crippen LogP contribution in [0, 0.1) is 6.92 Å². The van der Waals surface area contributed by atoms with Crippen LogP contribution in [-0.4, -0.2) is 53.6 Å². The zero-order valence-electron chi connectivity index (χ0n) is 13.8. The first kappa shape index (κ1) is 18.6. The lowest BCUT2D eigenvalue weighted by Crippen LogP contribution is -2.35. The minimum absolute atomic E-state index is 0.0719. The van der Waals surface area contributed by atoms with Crippen LogP contribution < -0.4 is 0 Å². The lowest BCUT2D eigenvalue weighted by Gasteiger charge is -2.20.